The van der Waals surface area contributed by atoms with Crippen molar-refractivity contribution in [1.82, 2.24) is 0 Å². The Morgan fingerprint density at radius 3 is 2.08 bits per heavy atom. The van der Waals surface area contributed by atoms with Crippen molar-refractivity contribution in [3.63, 3.8) is 0 Å². The normalized spacial score (nSPS) is 9.25. The van der Waals surface area contributed by atoms with Gasteiger partial charge in [0, 0.05) is 17.1 Å². The fraction of sp³-hybridized carbons (Fsp3) is 0.273. The molecule has 65 valence electrons. The van der Waals surface area contributed by atoms with Crippen LogP contribution in [0.25, 0.3) is 5.57 Å². The fourth-order valence-corrected chi connectivity index (χ4v) is 0.964. The molecule has 0 bridgehead atoms. The molecule has 0 aliphatic carbocycles. The van der Waals surface area contributed by atoms with Crippen molar-refractivity contribution < 1.29 is 17.1 Å². The zero-order valence-corrected chi connectivity index (χ0v) is 8.60. The van der Waals surface area contributed by atoms with Gasteiger partial charge >= 0.3 is 0 Å². The summed E-state index contributed by atoms with van der Waals surface area (Å²) < 4.78 is 0. The molecule has 1 aromatic rings. The van der Waals surface area contributed by atoms with Gasteiger partial charge in [-0.25, -0.2) is 5.57 Å². The molecule has 0 fully saturated rings. The Morgan fingerprint density at radius 2 is 1.67 bits per heavy atom. The maximum atomic E-state index is 5.85. The van der Waals surface area contributed by atoms with E-state index in [4.69, 9.17) is 6.58 Å². The van der Waals surface area contributed by atoms with E-state index in [1.54, 1.807) is 0 Å². The summed E-state index contributed by atoms with van der Waals surface area (Å²) in [6.07, 6.45) is 0. The molecule has 0 atom stereocenters. The monoisotopic (exact) mass is 200 g/mol. The molecule has 0 aliphatic rings. The molecular formula is C11H13Mn-. The standard InChI is InChI=1S/C11H13.Mn/c1-9(2)10(3)11-7-5-4-6-8-11;/h3-9H,1-2H3;/q-1;. The molecule has 1 rings (SSSR count). The molecule has 0 heterocycles. The van der Waals surface area contributed by atoms with Crippen LogP contribution in [-0.2, 0) is 17.1 Å². The summed E-state index contributed by atoms with van der Waals surface area (Å²) in [6.45, 7) is 10.1. The van der Waals surface area contributed by atoms with Gasteiger partial charge in [-0.1, -0.05) is 38.0 Å². The van der Waals surface area contributed by atoms with Gasteiger partial charge in [0.1, 0.15) is 0 Å². The number of hydrogen-bond acceptors (Lipinski definition) is 0. The zero-order valence-electron chi connectivity index (χ0n) is 7.42. The first-order valence-electron chi connectivity index (χ1n) is 3.89. The second-order valence-electron chi connectivity index (χ2n) is 2.98. The van der Waals surface area contributed by atoms with Crippen LogP contribution in [0.5, 0.6) is 0 Å². The average molecular weight is 200 g/mol. The summed E-state index contributed by atoms with van der Waals surface area (Å²) in [5.74, 6) is 0.428. The van der Waals surface area contributed by atoms with E-state index in [1.165, 1.54) is 0 Å². The third kappa shape index (κ3) is 2.84. The predicted molar refractivity (Wildman–Crippen MR) is 49.0 cm³/mol. The van der Waals surface area contributed by atoms with E-state index >= 15 is 0 Å². The fourth-order valence-electron chi connectivity index (χ4n) is 0.964. The van der Waals surface area contributed by atoms with E-state index in [0.29, 0.717) is 5.92 Å². The van der Waals surface area contributed by atoms with Crippen LogP contribution in [0.4, 0.5) is 0 Å². The molecule has 1 heteroatoms. The maximum Gasteiger partial charge on any atom is 0 e. The van der Waals surface area contributed by atoms with Gasteiger partial charge in [0.15, 0.2) is 0 Å². The molecule has 0 saturated heterocycles. The van der Waals surface area contributed by atoms with Gasteiger partial charge in [-0.2, -0.15) is 5.56 Å². The van der Waals surface area contributed by atoms with Crippen LogP contribution in [0.1, 0.15) is 19.4 Å². The Bertz CT molecular complexity index is 236. The average Bonchev–Trinajstić information content (AvgIpc) is 2.05. The molecule has 0 nitrogen and oxygen atoms in total. The van der Waals surface area contributed by atoms with Crippen molar-refractivity contribution in [3.05, 3.63) is 42.5 Å². The van der Waals surface area contributed by atoms with Gasteiger partial charge in [0.25, 0.3) is 0 Å². The van der Waals surface area contributed by atoms with E-state index in [1.807, 2.05) is 30.3 Å². The molecule has 0 saturated carbocycles. The van der Waals surface area contributed by atoms with Gasteiger partial charge in [-0.05, 0) is 0 Å². The topological polar surface area (TPSA) is 0 Å². The molecule has 0 unspecified atom stereocenters. The van der Waals surface area contributed by atoms with Crippen molar-refractivity contribution in [3.8, 4) is 0 Å². The summed E-state index contributed by atoms with van der Waals surface area (Å²) in [4.78, 5) is 0. The molecule has 12 heavy (non-hydrogen) atoms. The second-order valence-corrected chi connectivity index (χ2v) is 2.98. The van der Waals surface area contributed by atoms with Crippen LogP contribution >= 0.6 is 0 Å². The van der Waals surface area contributed by atoms with Crippen LogP contribution < -0.4 is 0 Å². The van der Waals surface area contributed by atoms with Gasteiger partial charge in [-0.15, -0.1) is 12.1 Å². The summed E-state index contributed by atoms with van der Waals surface area (Å²) in [6, 6.07) is 10.1. The first-order valence-corrected chi connectivity index (χ1v) is 3.89. The Labute approximate surface area is 85.2 Å². The predicted octanol–water partition coefficient (Wildman–Crippen LogP) is 3.16. The largest absolute Gasteiger partial charge is 0.289 e. The van der Waals surface area contributed by atoms with Crippen LogP contribution in [-0.4, -0.2) is 0 Å². The SMILES string of the molecule is [CH-]=C(c1ccccc1)C(C)C.[Mn]. The Balaban J connectivity index is 0.00000121. The Hall–Kier alpha value is -0.521. The molecular weight excluding hydrogens is 187 g/mol. The van der Waals surface area contributed by atoms with Gasteiger partial charge < -0.3 is 0 Å². The number of benzene rings is 1. The summed E-state index contributed by atoms with van der Waals surface area (Å²) in [5.41, 5.74) is 2.10. The Kier molecular flexibility index (Phi) is 4.96. The summed E-state index contributed by atoms with van der Waals surface area (Å²) in [5, 5.41) is 0. The molecule has 0 amide bonds. The van der Waals surface area contributed by atoms with E-state index in [-0.39, 0.29) is 17.1 Å². The van der Waals surface area contributed by atoms with E-state index < -0.39 is 0 Å². The first-order chi connectivity index (χ1) is 5.22. The third-order valence-corrected chi connectivity index (χ3v) is 1.73. The molecule has 1 radical (unpaired) electrons. The molecule has 0 aromatic heterocycles. The van der Waals surface area contributed by atoms with Crippen LogP contribution in [0, 0.1) is 12.5 Å². The number of allylic oxidation sites excluding steroid dienone is 1. The van der Waals surface area contributed by atoms with Crippen LogP contribution in [0.15, 0.2) is 30.3 Å². The minimum atomic E-state index is 0. The second kappa shape index (κ2) is 5.18. The van der Waals surface area contributed by atoms with Gasteiger partial charge in [-0.3, -0.25) is 6.58 Å². The zero-order chi connectivity index (χ0) is 8.27. The van der Waals surface area contributed by atoms with Crippen molar-refractivity contribution in [2.75, 3.05) is 0 Å². The van der Waals surface area contributed by atoms with E-state index in [9.17, 15) is 0 Å². The summed E-state index contributed by atoms with van der Waals surface area (Å²) in [7, 11) is 0. The van der Waals surface area contributed by atoms with E-state index in [2.05, 4.69) is 13.8 Å². The molecule has 0 N–H and O–H groups in total. The molecule has 0 aliphatic heterocycles. The number of hydrogen-bond donors (Lipinski definition) is 0. The quantitative estimate of drug-likeness (QED) is 0.508. The van der Waals surface area contributed by atoms with Crippen molar-refractivity contribution in [1.29, 1.82) is 0 Å². The van der Waals surface area contributed by atoms with Crippen molar-refractivity contribution in [2.45, 2.75) is 13.8 Å². The van der Waals surface area contributed by atoms with E-state index in [0.717, 1.165) is 11.1 Å². The van der Waals surface area contributed by atoms with Crippen LogP contribution in [0.3, 0.4) is 0 Å². The first kappa shape index (κ1) is 11.5. The summed E-state index contributed by atoms with van der Waals surface area (Å²) >= 11 is 0. The maximum absolute atomic E-state index is 5.85. The van der Waals surface area contributed by atoms with Crippen molar-refractivity contribution in [2.24, 2.45) is 5.92 Å². The molecule has 1 aromatic carbocycles. The minimum Gasteiger partial charge on any atom is -0.289 e. The van der Waals surface area contributed by atoms with Gasteiger partial charge in [0.05, 0.1) is 0 Å². The molecule has 0 spiro atoms. The van der Waals surface area contributed by atoms with Crippen LogP contribution in [0.2, 0.25) is 0 Å². The van der Waals surface area contributed by atoms with Crippen molar-refractivity contribution >= 4 is 5.57 Å². The third-order valence-electron chi connectivity index (χ3n) is 1.73. The number of rotatable bonds is 2. The Morgan fingerprint density at radius 1 is 1.17 bits per heavy atom. The minimum absolute atomic E-state index is 0. The smallest absolute Gasteiger partial charge is 0 e. The van der Waals surface area contributed by atoms with Gasteiger partial charge in [0.2, 0.25) is 0 Å².